The molecule has 2 fully saturated rings. The highest BCUT2D eigenvalue weighted by molar-refractivity contribution is 7.89. The SMILES string of the molecule is N#Cc1ccc(S(=O)(=O)N2CCC(C(=O)NC3CCCCC3)CC2)cc1. The van der Waals surface area contributed by atoms with Gasteiger partial charge in [-0.05, 0) is 49.9 Å². The van der Waals surface area contributed by atoms with Gasteiger partial charge in [-0.3, -0.25) is 4.79 Å². The van der Waals surface area contributed by atoms with Crippen LogP contribution in [0.3, 0.4) is 0 Å². The van der Waals surface area contributed by atoms with E-state index in [1.54, 1.807) is 0 Å². The first kappa shape index (κ1) is 18.9. The van der Waals surface area contributed by atoms with Gasteiger partial charge in [-0.25, -0.2) is 8.42 Å². The third kappa shape index (κ3) is 4.25. The fraction of sp³-hybridized carbons (Fsp3) is 0.579. The number of hydrogen-bond acceptors (Lipinski definition) is 4. The van der Waals surface area contributed by atoms with Gasteiger partial charge in [0.05, 0.1) is 16.5 Å². The van der Waals surface area contributed by atoms with E-state index >= 15 is 0 Å². The zero-order chi connectivity index (χ0) is 18.6. The molecule has 0 radical (unpaired) electrons. The van der Waals surface area contributed by atoms with Crippen LogP contribution in [0, 0.1) is 17.2 Å². The van der Waals surface area contributed by atoms with Crippen LogP contribution < -0.4 is 5.32 Å². The maximum atomic E-state index is 12.7. The molecular weight excluding hydrogens is 350 g/mol. The molecule has 140 valence electrons. The highest BCUT2D eigenvalue weighted by atomic mass is 32.2. The van der Waals surface area contributed by atoms with Crippen LogP contribution in [0.2, 0.25) is 0 Å². The van der Waals surface area contributed by atoms with E-state index in [0.29, 0.717) is 31.5 Å². The molecule has 0 bridgehead atoms. The summed E-state index contributed by atoms with van der Waals surface area (Å²) in [5, 5.41) is 12.0. The Morgan fingerprint density at radius 1 is 1.04 bits per heavy atom. The number of piperidine rings is 1. The van der Waals surface area contributed by atoms with Crippen LogP contribution in [-0.2, 0) is 14.8 Å². The summed E-state index contributed by atoms with van der Waals surface area (Å²) < 4.78 is 26.9. The molecule has 0 spiro atoms. The molecule has 1 saturated heterocycles. The number of carbonyl (C=O) groups is 1. The van der Waals surface area contributed by atoms with E-state index in [1.165, 1.54) is 47.8 Å². The van der Waals surface area contributed by atoms with Crippen LogP contribution in [0.25, 0.3) is 0 Å². The van der Waals surface area contributed by atoms with Gasteiger partial charge in [0.15, 0.2) is 0 Å². The summed E-state index contributed by atoms with van der Waals surface area (Å²) in [6, 6.07) is 8.23. The maximum Gasteiger partial charge on any atom is 0.243 e. The first-order chi connectivity index (χ1) is 12.5. The van der Waals surface area contributed by atoms with Gasteiger partial charge in [0.25, 0.3) is 0 Å². The fourth-order valence-corrected chi connectivity index (χ4v) is 5.24. The quantitative estimate of drug-likeness (QED) is 0.875. The fourth-order valence-electron chi connectivity index (χ4n) is 3.77. The predicted molar refractivity (Wildman–Crippen MR) is 97.7 cm³/mol. The molecule has 1 amide bonds. The van der Waals surface area contributed by atoms with Crippen molar-refractivity contribution in [2.45, 2.75) is 55.9 Å². The van der Waals surface area contributed by atoms with E-state index in [9.17, 15) is 13.2 Å². The number of nitrogens with one attached hydrogen (secondary N) is 1. The lowest BCUT2D eigenvalue weighted by atomic mass is 9.93. The van der Waals surface area contributed by atoms with Gasteiger partial charge in [0.2, 0.25) is 15.9 Å². The summed E-state index contributed by atoms with van der Waals surface area (Å²) in [5.41, 5.74) is 0.432. The van der Waals surface area contributed by atoms with Crippen LogP contribution in [-0.4, -0.2) is 37.8 Å². The molecule has 1 heterocycles. The number of nitrogens with zero attached hydrogens (tertiary/aromatic N) is 2. The number of amides is 1. The Kier molecular flexibility index (Phi) is 5.94. The standard InChI is InChI=1S/C19H25N3O3S/c20-14-15-6-8-18(9-7-15)26(24,25)22-12-10-16(11-13-22)19(23)21-17-4-2-1-3-5-17/h6-9,16-17H,1-5,10-13H2,(H,21,23). The average molecular weight is 375 g/mol. The second-order valence-corrected chi connectivity index (χ2v) is 9.10. The van der Waals surface area contributed by atoms with Crippen molar-refractivity contribution in [2.75, 3.05) is 13.1 Å². The molecule has 1 aromatic rings. The largest absolute Gasteiger partial charge is 0.353 e. The molecule has 0 atom stereocenters. The highest BCUT2D eigenvalue weighted by Crippen LogP contribution is 2.25. The van der Waals surface area contributed by atoms with Gasteiger partial charge in [0, 0.05) is 25.0 Å². The first-order valence-corrected chi connectivity index (χ1v) is 10.8. The van der Waals surface area contributed by atoms with Crippen molar-refractivity contribution < 1.29 is 13.2 Å². The normalized spacial score (nSPS) is 20.4. The van der Waals surface area contributed by atoms with E-state index in [0.717, 1.165) is 12.8 Å². The van der Waals surface area contributed by atoms with Crippen LogP contribution in [0.1, 0.15) is 50.5 Å². The minimum absolute atomic E-state index is 0.0762. The zero-order valence-corrected chi connectivity index (χ0v) is 15.7. The number of carbonyl (C=O) groups excluding carboxylic acids is 1. The van der Waals surface area contributed by atoms with Crippen molar-refractivity contribution >= 4 is 15.9 Å². The van der Waals surface area contributed by atoms with Gasteiger partial charge in [-0.15, -0.1) is 0 Å². The van der Waals surface area contributed by atoms with Gasteiger partial charge >= 0.3 is 0 Å². The Hall–Kier alpha value is -1.91. The van der Waals surface area contributed by atoms with Crippen LogP contribution >= 0.6 is 0 Å². The molecule has 1 aromatic carbocycles. The van der Waals surface area contributed by atoms with E-state index in [2.05, 4.69) is 5.32 Å². The molecule has 7 heteroatoms. The molecule has 0 aromatic heterocycles. The summed E-state index contributed by atoms with van der Waals surface area (Å²) in [4.78, 5) is 12.6. The van der Waals surface area contributed by atoms with Crippen molar-refractivity contribution in [3.8, 4) is 6.07 Å². The Morgan fingerprint density at radius 2 is 1.65 bits per heavy atom. The van der Waals surface area contributed by atoms with Gasteiger partial charge in [0.1, 0.15) is 0 Å². The van der Waals surface area contributed by atoms with Gasteiger partial charge in [-0.2, -0.15) is 9.57 Å². The second kappa shape index (κ2) is 8.19. The third-order valence-corrected chi connectivity index (χ3v) is 7.31. The molecule has 1 saturated carbocycles. The van der Waals surface area contributed by atoms with Gasteiger partial charge in [-0.1, -0.05) is 19.3 Å². The molecule has 3 rings (SSSR count). The molecule has 0 unspecified atom stereocenters. The van der Waals surface area contributed by atoms with Crippen molar-refractivity contribution in [3.63, 3.8) is 0 Å². The Morgan fingerprint density at radius 3 is 2.23 bits per heavy atom. The van der Waals surface area contributed by atoms with Crippen molar-refractivity contribution in [1.82, 2.24) is 9.62 Å². The summed E-state index contributed by atoms with van der Waals surface area (Å²) in [6.07, 6.45) is 6.80. The molecular formula is C19H25N3O3S. The van der Waals surface area contributed by atoms with Crippen LogP contribution in [0.4, 0.5) is 0 Å². The smallest absolute Gasteiger partial charge is 0.243 e. The predicted octanol–water partition coefficient (Wildman–Crippen LogP) is 2.41. The Bertz CT molecular complexity index is 769. The molecule has 26 heavy (non-hydrogen) atoms. The second-order valence-electron chi connectivity index (χ2n) is 7.16. The Balaban J connectivity index is 1.56. The van der Waals surface area contributed by atoms with Crippen molar-refractivity contribution in [3.05, 3.63) is 29.8 Å². The number of benzene rings is 1. The molecule has 2 aliphatic rings. The number of sulfonamides is 1. The van der Waals surface area contributed by atoms with Gasteiger partial charge < -0.3 is 5.32 Å². The zero-order valence-electron chi connectivity index (χ0n) is 14.9. The molecule has 1 aliphatic carbocycles. The molecule has 6 nitrogen and oxygen atoms in total. The topological polar surface area (TPSA) is 90.3 Å². The maximum absolute atomic E-state index is 12.7. The van der Waals surface area contributed by atoms with E-state index in [4.69, 9.17) is 5.26 Å². The highest BCUT2D eigenvalue weighted by Gasteiger charge is 2.32. The first-order valence-electron chi connectivity index (χ1n) is 9.31. The average Bonchev–Trinajstić information content (AvgIpc) is 2.69. The van der Waals surface area contributed by atoms with Crippen LogP contribution in [0.5, 0.6) is 0 Å². The van der Waals surface area contributed by atoms with Crippen molar-refractivity contribution in [1.29, 1.82) is 5.26 Å². The molecule has 1 N–H and O–H groups in total. The lowest BCUT2D eigenvalue weighted by Crippen LogP contribution is -2.45. The Labute approximate surface area is 155 Å². The molecule has 1 aliphatic heterocycles. The summed E-state index contributed by atoms with van der Waals surface area (Å²) in [7, 11) is -3.57. The third-order valence-electron chi connectivity index (χ3n) is 5.40. The summed E-state index contributed by atoms with van der Waals surface area (Å²) in [6.45, 7) is 0.705. The van der Waals surface area contributed by atoms with E-state index < -0.39 is 10.0 Å². The van der Waals surface area contributed by atoms with Crippen molar-refractivity contribution in [2.24, 2.45) is 5.92 Å². The minimum atomic E-state index is -3.57. The number of rotatable bonds is 4. The lowest BCUT2D eigenvalue weighted by Gasteiger charge is -2.32. The lowest BCUT2D eigenvalue weighted by molar-refractivity contribution is -0.127. The number of hydrogen-bond donors (Lipinski definition) is 1. The van der Waals surface area contributed by atoms with E-state index in [1.807, 2.05) is 6.07 Å². The minimum Gasteiger partial charge on any atom is -0.353 e. The monoisotopic (exact) mass is 375 g/mol. The van der Waals surface area contributed by atoms with E-state index in [-0.39, 0.29) is 22.8 Å². The summed E-state index contributed by atoms with van der Waals surface area (Å²) >= 11 is 0. The summed E-state index contributed by atoms with van der Waals surface area (Å²) in [5.74, 6) is -0.0309. The number of nitriles is 1. The van der Waals surface area contributed by atoms with Crippen LogP contribution in [0.15, 0.2) is 29.2 Å².